The third-order valence-corrected chi connectivity index (χ3v) is 5.98. The van der Waals surface area contributed by atoms with Crippen LogP contribution < -0.4 is 10.6 Å². The van der Waals surface area contributed by atoms with Gasteiger partial charge >= 0.3 is 0 Å². The molecule has 2 atom stereocenters. The van der Waals surface area contributed by atoms with Gasteiger partial charge in [0.2, 0.25) is 5.91 Å². The number of benzene rings is 2. The summed E-state index contributed by atoms with van der Waals surface area (Å²) in [4.78, 5) is 18.3. The number of carbonyl (C=O) groups is 1. The number of H-pyrrole nitrogens is 1. The highest BCUT2D eigenvalue weighted by Crippen LogP contribution is 2.30. The highest BCUT2D eigenvalue weighted by atomic mass is 16.2. The summed E-state index contributed by atoms with van der Waals surface area (Å²) in [6.07, 6.45) is 4.41. The number of hydrogen-bond donors (Lipinski definition) is 3. The molecule has 1 fully saturated rings. The number of aromatic amines is 1. The van der Waals surface area contributed by atoms with Crippen molar-refractivity contribution in [1.82, 2.24) is 20.5 Å². The molecule has 3 aromatic rings. The summed E-state index contributed by atoms with van der Waals surface area (Å²) in [6.45, 7) is 2.99. The lowest BCUT2D eigenvalue weighted by Crippen LogP contribution is -2.48. The number of hydrogen-bond acceptors (Lipinski definition) is 3. The van der Waals surface area contributed by atoms with Crippen molar-refractivity contribution in [2.75, 3.05) is 33.2 Å². The van der Waals surface area contributed by atoms with Crippen LogP contribution in [-0.4, -0.2) is 55.1 Å². The molecule has 4 rings (SSSR count). The van der Waals surface area contributed by atoms with Gasteiger partial charge in [-0.2, -0.15) is 0 Å². The molecule has 1 aliphatic heterocycles. The number of amides is 1. The first-order valence-electron chi connectivity index (χ1n) is 10.5. The molecule has 5 nitrogen and oxygen atoms in total. The van der Waals surface area contributed by atoms with E-state index in [4.69, 9.17) is 0 Å². The van der Waals surface area contributed by atoms with Gasteiger partial charge in [-0.15, -0.1) is 0 Å². The minimum absolute atomic E-state index is 0.0996. The highest BCUT2D eigenvalue weighted by Gasteiger charge is 2.22. The van der Waals surface area contributed by atoms with E-state index in [1.807, 2.05) is 19.2 Å². The summed E-state index contributed by atoms with van der Waals surface area (Å²) in [6, 6.07) is 19.3. The van der Waals surface area contributed by atoms with Crippen molar-refractivity contribution in [3.05, 3.63) is 71.9 Å². The van der Waals surface area contributed by atoms with Crippen LogP contribution >= 0.6 is 0 Å². The van der Waals surface area contributed by atoms with E-state index in [0.717, 1.165) is 25.0 Å². The van der Waals surface area contributed by atoms with Crippen LogP contribution in [0.4, 0.5) is 0 Å². The first-order valence-corrected chi connectivity index (χ1v) is 10.5. The van der Waals surface area contributed by atoms with Crippen molar-refractivity contribution < 1.29 is 4.79 Å². The SMILES string of the molecule is CNC1CCCN(CC(=O)NCC(c2ccccc2)c2c[nH]c3ccccc23)C1. The van der Waals surface area contributed by atoms with Crippen LogP contribution in [0.25, 0.3) is 10.9 Å². The molecule has 152 valence electrons. The Balaban J connectivity index is 1.47. The number of likely N-dealkylation sites (N-methyl/N-ethyl adjacent to an activating group) is 1. The van der Waals surface area contributed by atoms with Crippen molar-refractivity contribution in [2.45, 2.75) is 24.8 Å². The predicted molar refractivity (Wildman–Crippen MR) is 118 cm³/mol. The number of fused-ring (bicyclic) bond motifs is 1. The zero-order valence-corrected chi connectivity index (χ0v) is 17.0. The third kappa shape index (κ3) is 4.69. The maximum Gasteiger partial charge on any atom is 0.234 e. The zero-order chi connectivity index (χ0) is 20.1. The number of piperidine rings is 1. The molecule has 0 aliphatic carbocycles. The number of nitrogens with one attached hydrogen (secondary N) is 3. The first-order chi connectivity index (χ1) is 14.2. The monoisotopic (exact) mass is 390 g/mol. The summed E-state index contributed by atoms with van der Waals surface area (Å²) < 4.78 is 0. The van der Waals surface area contributed by atoms with Gasteiger partial charge in [0, 0.05) is 42.1 Å². The second kappa shape index (κ2) is 9.25. The van der Waals surface area contributed by atoms with Crippen LogP contribution in [0.3, 0.4) is 0 Å². The molecular formula is C24H30N4O. The summed E-state index contributed by atoms with van der Waals surface area (Å²) in [7, 11) is 2.00. The van der Waals surface area contributed by atoms with Crippen LogP contribution in [0.15, 0.2) is 60.8 Å². The van der Waals surface area contributed by atoms with Crippen molar-refractivity contribution in [3.8, 4) is 0 Å². The van der Waals surface area contributed by atoms with Crippen LogP contribution in [0.2, 0.25) is 0 Å². The summed E-state index contributed by atoms with van der Waals surface area (Å²) >= 11 is 0. The van der Waals surface area contributed by atoms with Crippen LogP contribution in [0.5, 0.6) is 0 Å². The maximum atomic E-state index is 12.7. The fourth-order valence-electron chi connectivity index (χ4n) is 4.38. The smallest absolute Gasteiger partial charge is 0.234 e. The molecule has 1 saturated heterocycles. The molecule has 0 spiro atoms. The van der Waals surface area contributed by atoms with E-state index < -0.39 is 0 Å². The Morgan fingerprint density at radius 3 is 2.79 bits per heavy atom. The van der Waals surface area contributed by atoms with E-state index in [2.05, 4.69) is 69.2 Å². The zero-order valence-electron chi connectivity index (χ0n) is 17.0. The van der Waals surface area contributed by atoms with E-state index >= 15 is 0 Å². The van der Waals surface area contributed by atoms with E-state index in [9.17, 15) is 4.79 Å². The number of carbonyl (C=O) groups excluding carboxylic acids is 1. The second-order valence-electron chi connectivity index (χ2n) is 7.92. The topological polar surface area (TPSA) is 60.2 Å². The molecular weight excluding hydrogens is 360 g/mol. The molecule has 3 N–H and O–H groups in total. The quantitative estimate of drug-likeness (QED) is 0.581. The minimum atomic E-state index is 0.0996. The normalized spacial score (nSPS) is 18.6. The van der Waals surface area contributed by atoms with Crippen molar-refractivity contribution in [2.24, 2.45) is 0 Å². The van der Waals surface area contributed by atoms with Crippen LogP contribution in [-0.2, 0) is 4.79 Å². The van der Waals surface area contributed by atoms with Gasteiger partial charge in [-0.05, 0) is 43.6 Å². The van der Waals surface area contributed by atoms with Gasteiger partial charge in [-0.3, -0.25) is 9.69 Å². The Labute approximate surface area is 172 Å². The molecule has 5 heteroatoms. The molecule has 1 aromatic heterocycles. The molecule has 0 saturated carbocycles. The van der Waals surface area contributed by atoms with E-state index in [1.54, 1.807) is 0 Å². The predicted octanol–water partition coefficient (Wildman–Crippen LogP) is 3.10. The Morgan fingerprint density at radius 2 is 1.97 bits per heavy atom. The number of likely N-dealkylation sites (tertiary alicyclic amines) is 1. The van der Waals surface area contributed by atoms with Gasteiger partial charge < -0.3 is 15.6 Å². The van der Waals surface area contributed by atoms with Gasteiger partial charge in [-0.25, -0.2) is 0 Å². The highest BCUT2D eigenvalue weighted by molar-refractivity contribution is 5.84. The van der Waals surface area contributed by atoms with Crippen molar-refractivity contribution in [3.63, 3.8) is 0 Å². The molecule has 2 heterocycles. The largest absolute Gasteiger partial charge is 0.361 e. The molecule has 0 bridgehead atoms. The number of rotatable bonds is 7. The van der Waals surface area contributed by atoms with Crippen molar-refractivity contribution in [1.29, 1.82) is 0 Å². The molecule has 29 heavy (non-hydrogen) atoms. The maximum absolute atomic E-state index is 12.7. The van der Waals surface area contributed by atoms with Crippen LogP contribution in [0, 0.1) is 0 Å². The van der Waals surface area contributed by atoms with E-state index in [1.165, 1.54) is 22.9 Å². The number of nitrogens with zero attached hydrogens (tertiary/aromatic N) is 1. The van der Waals surface area contributed by atoms with E-state index in [-0.39, 0.29) is 11.8 Å². The summed E-state index contributed by atoms with van der Waals surface area (Å²) in [5.41, 5.74) is 3.56. The summed E-state index contributed by atoms with van der Waals surface area (Å²) in [5, 5.41) is 7.75. The molecule has 1 amide bonds. The lowest BCUT2D eigenvalue weighted by Gasteiger charge is -2.32. The second-order valence-corrected chi connectivity index (χ2v) is 7.92. The van der Waals surface area contributed by atoms with Crippen LogP contribution in [0.1, 0.15) is 29.9 Å². The van der Waals surface area contributed by atoms with Gasteiger partial charge in [0.15, 0.2) is 0 Å². The average Bonchev–Trinajstić information content (AvgIpc) is 3.19. The molecule has 1 aliphatic rings. The Morgan fingerprint density at radius 1 is 1.17 bits per heavy atom. The van der Waals surface area contributed by atoms with Gasteiger partial charge in [0.25, 0.3) is 0 Å². The summed E-state index contributed by atoms with van der Waals surface area (Å²) in [5.74, 6) is 0.213. The van der Waals surface area contributed by atoms with Gasteiger partial charge in [-0.1, -0.05) is 48.5 Å². The Hall–Kier alpha value is -2.63. The molecule has 2 unspecified atom stereocenters. The van der Waals surface area contributed by atoms with Gasteiger partial charge in [0.05, 0.1) is 6.54 Å². The average molecular weight is 391 g/mol. The fraction of sp³-hybridized carbons (Fsp3) is 0.375. The number of para-hydroxylation sites is 1. The third-order valence-electron chi connectivity index (χ3n) is 5.98. The minimum Gasteiger partial charge on any atom is -0.361 e. The molecule has 2 aromatic carbocycles. The Kier molecular flexibility index (Phi) is 6.27. The lowest BCUT2D eigenvalue weighted by molar-refractivity contribution is -0.122. The standard InChI is InChI=1S/C24H30N4O/c1-25-19-10-7-13-28(16-19)17-24(29)27-14-21(18-8-3-2-4-9-18)22-15-26-23-12-6-5-11-20(22)23/h2-6,8-9,11-12,15,19,21,25-26H,7,10,13-14,16-17H2,1H3,(H,27,29). The van der Waals surface area contributed by atoms with Gasteiger partial charge in [0.1, 0.15) is 0 Å². The van der Waals surface area contributed by atoms with Crippen molar-refractivity contribution >= 4 is 16.8 Å². The first kappa shape index (κ1) is 19.7. The lowest BCUT2D eigenvalue weighted by atomic mass is 9.91. The van der Waals surface area contributed by atoms with E-state index in [0.29, 0.717) is 19.1 Å². The fourth-order valence-corrected chi connectivity index (χ4v) is 4.38. The number of aromatic nitrogens is 1. The Bertz CT molecular complexity index is 936. The molecule has 0 radical (unpaired) electrons.